The van der Waals surface area contributed by atoms with Crippen LogP contribution in [0.25, 0.3) is 0 Å². The van der Waals surface area contributed by atoms with Crippen LogP contribution in [0.2, 0.25) is 0 Å². The molecule has 0 N–H and O–H groups in total. The Balaban J connectivity index is 1.96. The molecule has 0 radical (unpaired) electrons. The van der Waals surface area contributed by atoms with Gasteiger partial charge in [-0.1, -0.05) is 31.2 Å². The van der Waals surface area contributed by atoms with Gasteiger partial charge in [0.2, 0.25) is 0 Å². The lowest BCUT2D eigenvalue weighted by Crippen LogP contribution is -2.23. The standard InChI is InChI=1S/C15H20O3S/c1-2-19(17,18)11-5-7-13-10-9-12-6-3-4-8-14(12)15(13)16/h3-4,6,8,13H,2,5,7,9-11H2,1H3. The first kappa shape index (κ1) is 14.3. The molecule has 19 heavy (non-hydrogen) atoms. The molecule has 3 nitrogen and oxygen atoms in total. The first-order valence-corrected chi connectivity index (χ1v) is 8.68. The van der Waals surface area contributed by atoms with Crippen LogP contribution in [0.4, 0.5) is 0 Å². The molecule has 0 fully saturated rings. The molecular formula is C15H20O3S. The molecule has 0 saturated carbocycles. The molecule has 4 heteroatoms. The minimum Gasteiger partial charge on any atom is -0.294 e. The molecule has 104 valence electrons. The van der Waals surface area contributed by atoms with E-state index in [2.05, 4.69) is 0 Å². The Hall–Kier alpha value is -1.16. The predicted molar refractivity (Wildman–Crippen MR) is 76.1 cm³/mol. The highest BCUT2D eigenvalue weighted by Crippen LogP contribution is 2.28. The maximum atomic E-state index is 12.3. The van der Waals surface area contributed by atoms with E-state index in [4.69, 9.17) is 0 Å². The zero-order chi connectivity index (χ0) is 13.9. The second-order valence-corrected chi connectivity index (χ2v) is 7.61. The lowest BCUT2D eigenvalue weighted by atomic mass is 9.81. The van der Waals surface area contributed by atoms with Gasteiger partial charge < -0.3 is 0 Å². The third kappa shape index (κ3) is 3.44. The van der Waals surface area contributed by atoms with E-state index in [-0.39, 0.29) is 23.2 Å². The van der Waals surface area contributed by atoms with Crippen LogP contribution in [0, 0.1) is 5.92 Å². The van der Waals surface area contributed by atoms with Crippen molar-refractivity contribution in [2.24, 2.45) is 5.92 Å². The van der Waals surface area contributed by atoms with Gasteiger partial charge in [0.25, 0.3) is 0 Å². The molecule has 1 aromatic rings. The quantitative estimate of drug-likeness (QED) is 0.833. The molecule has 0 heterocycles. The van der Waals surface area contributed by atoms with Crippen LogP contribution >= 0.6 is 0 Å². The van der Waals surface area contributed by atoms with Crippen molar-refractivity contribution in [3.8, 4) is 0 Å². The summed E-state index contributed by atoms with van der Waals surface area (Å²) in [6.45, 7) is 1.66. The average molecular weight is 280 g/mol. The number of hydrogen-bond acceptors (Lipinski definition) is 3. The number of carbonyl (C=O) groups excluding carboxylic acids is 1. The zero-order valence-corrected chi connectivity index (χ0v) is 12.1. The van der Waals surface area contributed by atoms with E-state index in [0.717, 1.165) is 24.0 Å². The first-order valence-electron chi connectivity index (χ1n) is 6.86. The number of sulfone groups is 1. The van der Waals surface area contributed by atoms with Gasteiger partial charge in [-0.3, -0.25) is 4.79 Å². The molecule has 1 aromatic carbocycles. The number of hydrogen-bond donors (Lipinski definition) is 0. The highest BCUT2D eigenvalue weighted by molar-refractivity contribution is 7.91. The molecule has 1 aliphatic rings. The maximum Gasteiger partial charge on any atom is 0.166 e. The summed E-state index contributed by atoms with van der Waals surface area (Å²) in [6, 6.07) is 7.73. The van der Waals surface area contributed by atoms with E-state index in [0.29, 0.717) is 12.8 Å². The van der Waals surface area contributed by atoms with Gasteiger partial charge in [0.1, 0.15) is 9.84 Å². The van der Waals surface area contributed by atoms with E-state index in [9.17, 15) is 13.2 Å². The Morgan fingerprint density at radius 1 is 1.26 bits per heavy atom. The summed E-state index contributed by atoms with van der Waals surface area (Å²) in [4.78, 5) is 12.3. The summed E-state index contributed by atoms with van der Waals surface area (Å²) >= 11 is 0. The first-order chi connectivity index (χ1) is 9.03. The highest BCUT2D eigenvalue weighted by atomic mass is 32.2. The summed E-state index contributed by atoms with van der Waals surface area (Å²) < 4.78 is 22.9. The molecule has 0 aliphatic heterocycles. The van der Waals surface area contributed by atoms with E-state index in [1.54, 1.807) is 6.92 Å². The summed E-state index contributed by atoms with van der Waals surface area (Å²) in [5.41, 5.74) is 1.96. The van der Waals surface area contributed by atoms with Gasteiger partial charge in [0.15, 0.2) is 5.78 Å². The van der Waals surface area contributed by atoms with Gasteiger partial charge in [0, 0.05) is 17.2 Å². The van der Waals surface area contributed by atoms with Crippen LogP contribution in [-0.4, -0.2) is 25.7 Å². The Bertz CT molecular complexity index is 561. The third-order valence-electron chi connectivity index (χ3n) is 3.86. The molecular weight excluding hydrogens is 260 g/mol. The number of carbonyl (C=O) groups is 1. The SMILES string of the molecule is CCS(=O)(=O)CCCC1CCc2ccccc2C1=O. The largest absolute Gasteiger partial charge is 0.294 e. The van der Waals surface area contributed by atoms with Crippen molar-refractivity contribution in [1.29, 1.82) is 0 Å². The van der Waals surface area contributed by atoms with Crippen LogP contribution in [0.5, 0.6) is 0 Å². The molecule has 0 aromatic heterocycles. The van der Waals surface area contributed by atoms with Crippen molar-refractivity contribution in [1.82, 2.24) is 0 Å². The molecule has 1 atom stereocenters. The van der Waals surface area contributed by atoms with Gasteiger partial charge in [-0.2, -0.15) is 0 Å². The number of aryl methyl sites for hydroxylation is 1. The maximum absolute atomic E-state index is 12.3. The molecule has 0 bridgehead atoms. The molecule has 0 spiro atoms. The van der Waals surface area contributed by atoms with Gasteiger partial charge in [-0.15, -0.1) is 0 Å². The van der Waals surface area contributed by atoms with Crippen LogP contribution in [0.3, 0.4) is 0 Å². The van der Waals surface area contributed by atoms with Crippen molar-refractivity contribution in [2.75, 3.05) is 11.5 Å². The van der Waals surface area contributed by atoms with E-state index in [1.165, 1.54) is 0 Å². The van der Waals surface area contributed by atoms with Gasteiger partial charge in [-0.25, -0.2) is 8.42 Å². The number of fused-ring (bicyclic) bond motifs is 1. The Kier molecular flexibility index (Phi) is 4.40. The smallest absolute Gasteiger partial charge is 0.166 e. The predicted octanol–water partition coefficient (Wildman–Crippen LogP) is 2.65. The minimum atomic E-state index is -2.91. The number of ketones is 1. The van der Waals surface area contributed by atoms with Crippen molar-refractivity contribution in [3.63, 3.8) is 0 Å². The third-order valence-corrected chi connectivity index (χ3v) is 5.65. The van der Waals surface area contributed by atoms with Gasteiger partial charge >= 0.3 is 0 Å². The van der Waals surface area contributed by atoms with Crippen molar-refractivity contribution >= 4 is 15.6 Å². The average Bonchev–Trinajstić information content (AvgIpc) is 2.42. The summed E-state index contributed by atoms with van der Waals surface area (Å²) in [6.07, 6.45) is 3.05. The van der Waals surface area contributed by atoms with Crippen LogP contribution in [0.15, 0.2) is 24.3 Å². The fourth-order valence-electron chi connectivity index (χ4n) is 2.63. The lowest BCUT2D eigenvalue weighted by molar-refractivity contribution is 0.0894. The Morgan fingerprint density at radius 2 is 2.00 bits per heavy atom. The molecule has 0 saturated heterocycles. The lowest BCUT2D eigenvalue weighted by Gasteiger charge is -2.23. The summed E-state index contributed by atoms with van der Waals surface area (Å²) in [5.74, 6) is 0.585. The van der Waals surface area contributed by atoms with E-state index in [1.807, 2.05) is 24.3 Å². The van der Waals surface area contributed by atoms with Gasteiger partial charge in [0.05, 0.1) is 5.75 Å². The number of Topliss-reactive ketones (excluding diaryl/α,β-unsaturated/α-hetero) is 1. The normalized spacial score (nSPS) is 19.2. The van der Waals surface area contributed by atoms with E-state index >= 15 is 0 Å². The number of benzene rings is 1. The zero-order valence-electron chi connectivity index (χ0n) is 11.3. The van der Waals surface area contributed by atoms with Crippen LogP contribution < -0.4 is 0 Å². The molecule has 1 aliphatic carbocycles. The summed E-state index contributed by atoms with van der Waals surface area (Å²) in [7, 11) is -2.91. The van der Waals surface area contributed by atoms with E-state index < -0.39 is 9.84 Å². The fourth-order valence-corrected chi connectivity index (χ4v) is 3.52. The van der Waals surface area contributed by atoms with Gasteiger partial charge in [-0.05, 0) is 31.2 Å². The van der Waals surface area contributed by atoms with Crippen molar-refractivity contribution in [2.45, 2.75) is 32.6 Å². The minimum absolute atomic E-state index is 0.00181. The summed E-state index contributed by atoms with van der Waals surface area (Å²) in [5, 5.41) is 0. The second kappa shape index (κ2) is 5.87. The number of rotatable bonds is 5. The topological polar surface area (TPSA) is 51.2 Å². The Morgan fingerprint density at radius 3 is 2.74 bits per heavy atom. The molecule has 1 unspecified atom stereocenters. The molecule has 0 amide bonds. The van der Waals surface area contributed by atoms with Crippen LogP contribution in [0.1, 0.15) is 42.1 Å². The molecule has 2 rings (SSSR count). The van der Waals surface area contributed by atoms with Crippen molar-refractivity contribution in [3.05, 3.63) is 35.4 Å². The highest BCUT2D eigenvalue weighted by Gasteiger charge is 2.26. The second-order valence-electron chi connectivity index (χ2n) is 5.14. The van der Waals surface area contributed by atoms with Crippen LogP contribution in [-0.2, 0) is 16.3 Å². The monoisotopic (exact) mass is 280 g/mol. The fraction of sp³-hybridized carbons (Fsp3) is 0.533. The Labute approximate surface area is 114 Å². The van der Waals surface area contributed by atoms with Crippen molar-refractivity contribution < 1.29 is 13.2 Å².